The van der Waals surface area contributed by atoms with Gasteiger partial charge in [-0.1, -0.05) is 18.6 Å². The summed E-state index contributed by atoms with van der Waals surface area (Å²) < 4.78 is 6.64. The zero-order chi connectivity index (χ0) is 26.9. The molecular formula is C25H28N10O3. The van der Waals surface area contributed by atoms with Crippen LogP contribution in [0.5, 0.6) is 0 Å². The highest BCUT2D eigenvalue weighted by Crippen LogP contribution is 2.28. The van der Waals surface area contributed by atoms with Crippen molar-refractivity contribution in [2.75, 3.05) is 23.7 Å². The van der Waals surface area contributed by atoms with E-state index in [1.807, 2.05) is 24.3 Å². The number of pyridine rings is 1. The van der Waals surface area contributed by atoms with Gasteiger partial charge in [0, 0.05) is 18.3 Å². The minimum absolute atomic E-state index is 0.0558. The van der Waals surface area contributed by atoms with Gasteiger partial charge >= 0.3 is 0 Å². The van der Waals surface area contributed by atoms with Crippen molar-refractivity contribution in [2.24, 2.45) is 11.5 Å². The van der Waals surface area contributed by atoms with Crippen molar-refractivity contribution in [3.05, 3.63) is 48.2 Å². The Labute approximate surface area is 218 Å². The number of carbonyl (C=O) groups excluding carboxylic acids is 2. The van der Waals surface area contributed by atoms with Gasteiger partial charge in [0.15, 0.2) is 17.3 Å². The standard InChI is InChI=1S/C25H28N10O3/c26-11-4-3-6-17(28)25(37)32-21-10-9-16(14-30-21)20(36)15-35-19-8-2-1-7-18(19)31-24(35)22-23(34-38-33-22)29-13-5-12-27/h1-2,7-10,14,17H,3-6,11,13,15,26,28H2,(H,29,34)(H,30,32,37)/t17-/m0/s1. The quantitative estimate of drug-likeness (QED) is 0.149. The van der Waals surface area contributed by atoms with Gasteiger partial charge in [-0.15, -0.1) is 0 Å². The van der Waals surface area contributed by atoms with Gasteiger partial charge in [-0.05, 0) is 54.0 Å². The topological polar surface area (TPSA) is 204 Å². The molecule has 4 aromatic rings. The number of para-hydroxylation sites is 2. The van der Waals surface area contributed by atoms with Crippen LogP contribution in [0, 0.1) is 11.3 Å². The number of carbonyl (C=O) groups is 2. The number of fused-ring (bicyclic) bond motifs is 1. The van der Waals surface area contributed by atoms with Crippen LogP contribution >= 0.6 is 0 Å². The summed E-state index contributed by atoms with van der Waals surface area (Å²) in [6.07, 6.45) is 3.76. The number of rotatable bonds is 13. The van der Waals surface area contributed by atoms with E-state index in [1.165, 1.54) is 6.20 Å². The highest BCUT2D eigenvalue weighted by atomic mass is 16.6. The van der Waals surface area contributed by atoms with E-state index in [9.17, 15) is 9.59 Å². The van der Waals surface area contributed by atoms with Gasteiger partial charge < -0.3 is 26.7 Å². The number of hydrogen-bond donors (Lipinski definition) is 4. The largest absolute Gasteiger partial charge is 0.364 e. The number of hydrogen-bond acceptors (Lipinski definition) is 11. The monoisotopic (exact) mass is 516 g/mol. The van der Waals surface area contributed by atoms with Crippen LogP contribution in [0.15, 0.2) is 47.2 Å². The maximum absolute atomic E-state index is 13.2. The van der Waals surface area contributed by atoms with E-state index in [1.54, 1.807) is 16.7 Å². The summed E-state index contributed by atoms with van der Waals surface area (Å²) in [4.78, 5) is 34.4. The number of amides is 1. The van der Waals surface area contributed by atoms with Crippen LogP contribution in [-0.4, -0.2) is 55.7 Å². The Morgan fingerprint density at radius 1 is 1.16 bits per heavy atom. The molecular weight excluding hydrogens is 488 g/mol. The number of anilines is 2. The number of imidazole rings is 1. The predicted molar refractivity (Wildman–Crippen MR) is 140 cm³/mol. The average Bonchev–Trinajstić information content (AvgIpc) is 3.53. The van der Waals surface area contributed by atoms with Crippen molar-refractivity contribution < 1.29 is 14.2 Å². The second-order valence-corrected chi connectivity index (χ2v) is 8.54. The number of benzene rings is 1. The highest BCUT2D eigenvalue weighted by molar-refractivity contribution is 5.98. The fourth-order valence-corrected chi connectivity index (χ4v) is 3.83. The van der Waals surface area contributed by atoms with Gasteiger partial charge in [0.25, 0.3) is 0 Å². The number of Topliss-reactive ketones (excluding diaryl/α,β-unsaturated/α-hetero) is 1. The third-order valence-corrected chi connectivity index (χ3v) is 5.83. The number of nitriles is 1. The van der Waals surface area contributed by atoms with Crippen molar-refractivity contribution in [3.63, 3.8) is 0 Å². The Morgan fingerprint density at radius 3 is 2.76 bits per heavy atom. The molecule has 1 atom stereocenters. The SMILES string of the molecule is N#CCCNc1nonc1-c1nc2ccccc2n1CC(=O)c1ccc(NC(=O)[C@@H](N)CCCCN)nc1. The number of aromatic nitrogens is 5. The Kier molecular flexibility index (Phi) is 8.70. The lowest BCUT2D eigenvalue weighted by molar-refractivity contribution is -0.117. The second-order valence-electron chi connectivity index (χ2n) is 8.54. The molecule has 0 saturated heterocycles. The van der Waals surface area contributed by atoms with E-state index in [2.05, 4.69) is 37.0 Å². The number of nitrogens with zero attached hydrogens (tertiary/aromatic N) is 6. The zero-order valence-electron chi connectivity index (χ0n) is 20.6. The molecule has 3 aromatic heterocycles. The van der Waals surface area contributed by atoms with Crippen LogP contribution < -0.4 is 22.1 Å². The Bertz CT molecular complexity index is 1440. The van der Waals surface area contributed by atoms with E-state index >= 15 is 0 Å². The first-order valence-electron chi connectivity index (χ1n) is 12.2. The third kappa shape index (κ3) is 6.17. The molecule has 1 aromatic carbocycles. The molecule has 0 aliphatic rings. The van der Waals surface area contributed by atoms with Crippen molar-refractivity contribution in [1.29, 1.82) is 5.26 Å². The molecule has 0 fully saturated rings. The van der Waals surface area contributed by atoms with Crippen molar-refractivity contribution in [3.8, 4) is 17.6 Å². The normalized spacial score (nSPS) is 11.7. The van der Waals surface area contributed by atoms with Crippen molar-refractivity contribution >= 4 is 34.4 Å². The summed E-state index contributed by atoms with van der Waals surface area (Å²) in [5.41, 5.74) is 13.5. The van der Waals surface area contributed by atoms with Crippen LogP contribution in [0.3, 0.4) is 0 Å². The number of ketones is 1. The van der Waals surface area contributed by atoms with Gasteiger partial charge in [0.05, 0.1) is 36.1 Å². The lowest BCUT2D eigenvalue weighted by atomic mass is 10.1. The molecule has 0 aliphatic carbocycles. The van der Waals surface area contributed by atoms with Gasteiger partial charge in [-0.25, -0.2) is 14.6 Å². The van der Waals surface area contributed by atoms with Crippen molar-refractivity contribution in [1.82, 2.24) is 24.8 Å². The molecule has 0 saturated carbocycles. The first-order valence-corrected chi connectivity index (χ1v) is 12.2. The Morgan fingerprint density at radius 2 is 2.00 bits per heavy atom. The molecule has 196 valence electrons. The summed E-state index contributed by atoms with van der Waals surface area (Å²) in [6.45, 7) is 0.849. The minimum atomic E-state index is -0.664. The van der Waals surface area contributed by atoms with Crippen LogP contribution in [0.25, 0.3) is 22.6 Å². The molecule has 0 spiro atoms. The average molecular weight is 517 g/mol. The van der Waals surface area contributed by atoms with E-state index in [4.69, 9.17) is 21.4 Å². The van der Waals surface area contributed by atoms with Gasteiger partial charge in [0.1, 0.15) is 5.82 Å². The summed E-state index contributed by atoms with van der Waals surface area (Å²) in [7, 11) is 0. The second kappa shape index (κ2) is 12.5. The maximum atomic E-state index is 13.2. The molecule has 0 bridgehead atoms. The first-order chi connectivity index (χ1) is 18.5. The predicted octanol–water partition coefficient (Wildman–Crippen LogP) is 2.08. The zero-order valence-corrected chi connectivity index (χ0v) is 20.6. The fourth-order valence-electron chi connectivity index (χ4n) is 3.83. The van der Waals surface area contributed by atoms with E-state index in [0.717, 1.165) is 18.4 Å². The summed E-state index contributed by atoms with van der Waals surface area (Å²) in [5.74, 6) is 0.446. The number of unbranched alkanes of at least 4 members (excludes halogenated alkanes) is 1. The summed E-state index contributed by atoms with van der Waals surface area (Å²) >= 11 is 0. The Hall–Kier alpha value is -4.67. The summed E-state index contributed by atoms with van der Waals surface area (Å²) in [6, 6.07) is 11.9. The summed E-state index contributed by atoms with van der Waals surface area (Å²) in [5, 5.41) is 22.4. The third-order valence-electron chi connectivity index (χ3n) is 5.83. The Balaban J connectivity index is 1.51. The molecule has 0 aliphatic heterocycles. The van der Waals surface area contributed by atoms with Crippen LogP contribution in [0.4, 0.5) is 11.6 Å². The molecule has 38 heavy (non-hydrogen) atoms. The molecule has 1 amide bonds. The molecule has 4 rings (SSSR count). The van der Waals surface area contributed by atoms with Crippen LogP contribution in [0.2, 0.25) is 0 Å². The first kappa shape index (κ1) is 26.4. The molecule has 6 N–H and O–H groups in total. The number of nitrogens with one attached hydrogen (secondary N) is 2. The van der Waals surface area contributed by atoms with Crippen LogP contribution in [0.1, 0.15) is 36.0 Å². The van der Waals surface area contributed by atoms with Gasteiger partial charge in [0.2, 0.25) is 11.7 Å². The van der Waals surface area contributed by atoms with E-state index < -0.39 is 6.04 Å². The van der Waals surface area contributed by atoms with E-state index in [-0.39, 0.29) is 24.7 Å². The fraction of sp³-hybridized carbons (Fsp3) is 0.320. The van der Waals surface area contributed by atoms with Gasteiger partial charge in [-0.2, -0.15) is 5.26 Å². The van der Waals surface area contributed by atoms with Gasteiger partial charge in [-0.3, -0.25) is 9.59 Å². The van der Waals surface area contributed by atoms with Crippen LogP contribution in [-0.2, 0) is 11.3 Å². The number of nitrogens with two attached hydrogens (primary N) is 2. The molecule has 13 nitrogen and oxygen atoms in total. The molecule has 0 unspecified atom stereocenters. The smallest absolute Gasteiger partial charge is 0.242 e. The lowest BCUT2D eigenvalue weighted by Gasteiger charge is -2.12. The van der Waals surface area contributed by atoms with E-state index in [0.29, 0.717) is 53.7 Å². The highest BCUT2D eigenvalue weighted by Gasteiger charge is 2.22. The maximum Gasteiger partial charge on any atom is 0.242 e. The molecule has 3 heterocycles. The molecule has 13 heteroatoms. The van der Waals surface area contributed by atoms with Crippen molar-refractivity contribution in [2.45, 2.75) is 38.3 Å². The lowest BCUT2D eigenvalue weighted by Crippen LogP contribution is -2.35. The molecule has 0 radical (unpaired) electrons. The minimum Gasteiger partial charge on any atom is -0.364 e.